The van der Waals surface area contributed by atoms with Gasteiger partial charge in [-0.2, -0.15) is 13.2 Å². The Morgan fingerprint density at radius 2 is 1.88 bits per heavy atom. The Balaban J connectivity index is 2.41. The third-order valence-corrected chi connectivity index (χ3v) is 2.76. The van der Waals surface area contributed by atoms with Gasteiger partial charge in [0, 0.05) is 18.6 Å². The second kappa shape index (κ2) is 4.58. The van der Waals surface area contributed by atoms with Crippen LogP contribution in [-0.4, -0.2) is 47.3 Å². The summed E-state index contributed by atoms with van der Waals surface area (Å²) in [7, 11) is 0. The molecule has 3 N–H and O–H groups in total. The van der Waals surface area contributed by atoms with E-state index in [1.807, 2.05) is 0 Å². The van der Waals surface area contributed by atoms with Crippen LogP contribution in [-0.2, 0) is 4.79 Å². The highest BCUT2D eigenvalue weighted by atomic mass is 19.4. The van der Waals surface area contributed by atoms with Crippen molar-refractivity contribution in [2.45, 2.75) is 31.0 Å². The van der Waals surface area contributed by atoms with Gasteiger partial charge in [0.2, 0.25) is 0 Å². The molecule has 7 heteroatoms. The third kappa shape index (κ3) is 4.36. The number of hydrogen-bond donors (Lipinski definition) is 2. The highest BCUT2D eigenvalue weighted by Crippen LogP contribution is 2.25. The molecule has 0 aliphatic carbocycles. The van der Waals surface area contributed by atoms with Gasteiger partial charge in [-0.05, 0) is 12.8 Å². The Bertz CT molecular complexity index is 260. The molecular weight excluding hydrogens is 225 g/mol. The molecule has 0 spiro atoms. The topological polar surface area (TPSA) is 66.6 Å². The molecule has 0 atom stereocenters. The molecular formula is C9H15F3N2O2. The van der Waals surface area contributed by atoms with Gasteiger partial charge in [-0.3, -0.25) is 9.69 Å². The van der Waals surface area contributed by atoms with E-state index in [1.54, 1.807) is 0 Å². The Labute approximate surface area is 91.2 Å². The van der Waals surface area contributed by atoms with Crippen molar-refractivity contribution in [2.75, 3.05) is 19.6 Å². The molecule has 1 fully saturated rings. The van der Waals surface area contributed by atoms with Gasteiger partial charge >= 0.3 is 12.1 Å². The monoisotopic (exact) mass is 240 g/mol. The van der Waals surface area contributed by atoms with Gasteiger partial charge in [0.1, 0.15) is 0 Å². The number of carbonyl (C=O) groups is 1. The molecule has 1 aliphatic heterocycles. The molecule has 1 saturated heterocycles. The fourth-order valence-electron chi connectivity index (χ4n) is 1.89. The number of carboxylic acid groups (broad SMARTS) is 1. The predicted octanol–water partition coefficient (Wildman–Crippen LogP) is 0.817. The summed E-state index contributed by atoms with van der Waals surface area (Å²) < 4.78 is 36.2. The number of likely N-dealkylation sites (tertiary alicyclic amines) is 1. The summed E-state index contributed by atoms with van der Waals surface area (Å²) >= 11 is 0. The Hall–Kier alpha value is -0.820. The number of nitrogens with two attached hydrogens (primary N) is 1. The summed E-state index contributed by atoms with van der Waals surface area (Å²) in [5, 5.41) is 8.61. The van der Waals surface area contributed by atoms with Crippen LogP contribution < -0.4 is 5.73 Å². The van der Waals surface area contributed by atoms with Crippen LogP contribution in [0.15, 0.2) is 0 Å². The number of nitrogens with zero attached hydrogens (tertiary/aromatic N) is 1. The van der Waals surface area contributed by atoms with Crippen molar-refractivity contribution in [2.24, 2.45) is 5.73 Å². The molecule has 0 aromatic heterocycles. The van der Waals surface area contributed by atoms with E-state index in [4.69, 9.17) is 10.8 Å². The highest BCUT2D eigenvalue weighted by molar-refractivity contribution is 5.68. The van der Waals surface area contributed by atoms with E-state index in [0.717, 1.165) is 0 Å². The standard InChI is InChI=1S/C9H15F3N2O2/c10-9(11,12)6-14-3-1-8(13,2-4-14)5-7(15)16/h1-6,13H2,(H,15,16). The average molecular weight is 240 g/mol. The van der Waals surface area contributed by atoms with Gasteiger partial charge in [0.15, 0.2) is 0 Å². The minimum atomic E-state index is -4.21. The van der Waals surface area contributed by atoms with Gasteiger partial charge in [-0.15, -0.1) is 0 Å². The summed E-state index contributed by atoms with van der Waals surface area (Å²) in [6, 6.07) is 0. The number of aliphatic carboxylic acids is 1. The van der Waals surface area contributed by atoms with E-state index in [-0.39, 0.29) is 32.4 Å². The highest BCUT2D eigenvalue weighted by Gasteiger charge is 2.37. The van der Waals surface area contributed by atoms with Crippen LogP contribution in [0.4, 0.5) is 13.2 Å². The van der Waals surface area contributed by atoms with Crippen LogP contribution in [0, 0.1) is 0 Å². The minimum Gasteiger partial charge on any atom is -0.481 e. The van der Waals surface area contributed by atoms with Crippen molar-refractivity contribution >= 4 is 5.97 Å². The molecule has 0 aromatic rings. The van der Waals surface area contributed by atoms with Crippen molar-refractivity contribution < 1.29 is 23.1 Å². The lowest BCUT2D eigenvalue weighted by Gasteiger charge is -2.38. The SMILES string of the molecule is NC1(CC(=O)O)CCN(CC(F)(F)F)CC1. The molecule has 0 amide bonds. The number of rotatable bonds is 3. The molecule has 1 rings (SSSR count). The second-order valence-corrected chi connectivity index (χ2v) is 4.32. The van der Waals surface area contributed by atoms with Crippen LogP contribution >= 0.6 is 0 Å². The lowest BCUT2D eigenvalue weighted by molar-refractivity contribution is -0.151. The molecule has 0 saturated carbocycles. The summed E-state index contributed by atoms with van der Waals surface area (Å²) in [5.74, 6) is -1.01. The van der Waals surface area contributed by atoms with Gasteiger partial charge in [-0.25, -0.2) is 0 Å². The van der Waals surface area contributed by atoms with Gasteiger partial charge in [0.05, 0.1) is 13.0 Å². The largest absolute Gasteiger partial charge is 0.481 e. The zero-order chi connectivity index (χ0) is 12.4. The molecule has 0 aromatic carbocycles. The van der Waals surface area contributed by atoms with Crippen molar-refractivity contribution in [1.29, 1.82) is 0 Å². The number of hydrogen-bond acceptors (Lipinski definition) is 3. The molecule has 94 valence electrons. The van der Waals surface area contributed by atoms with Crippen LogP contribution in [0.2, 0.25) is 0 Å². The first-order chi connectivity index (χ1) is 7.20. The molecule has 16 heavy (non-hydrogen) atoms. The van der Waals surface area contributed by atoms with E-state index in [2.05, 4.69) is 0 Å². The Morgan fingerprint density at radius 1 is 1.38 bits per heavy atom. The summed E-state index contributed by atoms with van der Waals surface area (Å²) in [4.78, 5) is 11.8. The molecule has 0 radical (unpaired) electrons. The first-order valence-corrected chi connectivity index (χ1v) is 5.00. The lowest BCUT2D eigenvalue weighted by Crippen LogP contribution is -2.52. The smallest absolute Gasteiger partial charge is 0.401 e. The van der Waals surface area contributed by atoms with Crippen molar-refractivity contribution in [3.05, 3.63) is 0 Å². The van der Waals surface area contributed by atoms with E-state index in [1.165, 1.54) is 4.90 Å². The van der Waals surface area contributed by atoms with Gasteiger partial charge in [-0.1, -0.05) is 0 Å². The van der Waals surface area contributed by atoms with Crippen LogP contribution in [0.25, 0.3) is 0 Å². The zero-order valence-electron chi connectivity index (χ0n) is 8.76. The molecule has 0 unspecified atom stereocenters. The van der Waals surface area contributed by atoms with E-state index < -0.39 is 24.2 Å². The number of halogens is 3. The van der Waals surface area contributed by atoms with Crippen LogP contribution in [0.1, 0.15) is 19.3 Å². The maximum Gasteiger partial charge on any atom is 0.401 e. The first kappa shape index (κ1) is 13.2. The quantitative estimate of drug-likeness (QED) is 0.766. The summed E-state index contributed by atoms with van der Waals surface area (Å²) in [5.41, 5.74) is 4.94. The predicted molar refractivity (Wildman–Crippen MR) is 50.9 cm³/mol. The number of carboxylic acids is 1. The van der Waals surface area contributed by atoms with E-state index in [0.29, 0.717) is 0 Å². The molecule has 0 bridgehead atoms. The normalized spacial score (nSPS) is 22.0. The van der Waals surface area contributed by atoms with Crippen LogP contribution in [0.3, 0.4) is 0 Å². The zero-order valence-corrected chi connectivity index (χ0v) is 8.76. The van der Waals surface area contributed by atoms with Crippen molar-refractivity contribution in [3.63, 3.8) is 0 Å². The van der Waals surface area contributed by atoms with Crippen LogP contribution in [0.5, 0.6) is 0 Å². The van der Waals surface area contributed by atoms with Crippen molar-refractivity contribution in [3.8, 4) is 0 Å². The van der Waals surface area contributed by atoms with E-state index in [9.17, 15) is 18.0 Å². The van der Waals surface area contributed by atoms with Crippen molar-refractivity contribution in [1.82, 2.24) is 4.90 Å². The van der Waals surface area contributed by atoms with Gasteiger partial charge < -0.3 is 10.8 Å². The van der Waals surface area contributed by atoms with E-state index >= 15 is 0 Å². The summed E-state index contributed by atoms with van der Waals surface area (Å²) in [6.45, 7) is -0.553. The molecule has 1 heterocycles. The Kier molecular flexibility index (Phi) is 3.80. The maximum absolute atomic E-state index is 12.1. The lowest BCUT2D eigenvalue weighted by atomic mass is 9.85. The fourth-order valence-corrected chi connectivity index (χ4v) is 1.89. The first-order valence-electron chi connectivity index (χ1n) is 5.00. The minimum absolute atomic E-state index is 0.188. The Morgan fingerprint density at radius 3 is 2.25 bits per heavy atom. The second-order valence-electron chi connectivity index (χ2n) is 4.32. The number of alkyl halides is 3. The molecule has 4 nitrogen and oxygen atoms in total. The number of piperidine rings is 1. The third-order valence-electron chi connectivity index (χ3n) is 2.76. The molecule has 1 aliphatic rings. The summed E-state index contributed by atoms with van der Waals surface area (Å²) in [6.07, 6.45) is -3.82. The fraction of sp³-hybridized carbons (Fsp3) is 0.889. The maximum atomic E-state index is 12.1. The van der Waals surface area contributed by atoms with Gasteiger partial charge in [0.25, 0.3) is 0 Å². The average Bonchev–Trinajstić information content (AvgIpc) is 2.05.